The van der Waals surface area contributed by atoms with Crippen LogP contribution in [0.2, 0.25) is 0 Å². The number of H-pyrrole nitrogens is 1. The summed E-state index contributed by atoms with van der Waals surface area (Å²) in [5.41, 5.74) is 4.21. The average Bonchev–Trinajstić information content (AvgIpc) is 3.10. The fourth-order valence-electron chi connectivity index (χ4n) is 3.54. The van der Waals surface area contributed by atoms with Gasteiger partial charge in [0.25, 0.3) is 0 Å². The van der Waals surface area contributed by atoms with E-state index in [1.54, 1.807) is 0 Å². The Hall–Kier alpha value is -1.88. The Bertz CT molecular complexity index is 752. The number of likely N-dealkylation sites (tertiary alicyclic amines) is 1. The standard InChI is InChI=1S/C21H30N4O/c1-21(2,3)20-13-18(23-24-20)17-12-19(16(14-22-17)15-6-7-15)26-11-10-25-8-4-5-9-25/h12-15H,4-11H2,1-3H3,(H,23,24). The minimum atomic E-state index is 0.0499. The molecule has 26 heavy (non-hydrogen) atoms. The molecular formula is C21H30N4O. The summed E-state index contributed by atoms with van der Waals surface area (Å²) in [5.74, 6) is 1.62. The zero-order chi connectivity index (χ0) is 18.1. The van der Waals surface area contributed by atoms with Crippen LogP contribution in [0.4, 0.5) is 0 Å². The van der Waals surface area contributed by atoms with Gasteiger partial charge in [0.1, 0.15) is 18.1 Å². The maximum atomic E-state index is 6.22. The average molecular weight is 354 g/mol. The fraction of sp³-hybridized carbons (Fsp3) is 0.619. The molecule has 2 aromatic heterocycles. The van der Waals surface area contributed by atoms with E-state index in [1.165, 1.54) is 44.3 Å². The Morgan fingerprint density at radius 2 is 1.92 bits per heavy atom. The van der Waals surface area contributed by atoms with E-state index in [4.69, 9.17) is 4.74 Å². The molecule has 2 aliphatic rings. The summed E-state index contributed by atoms with van der Waals surface area (Å²) in [4.78, 5) is 7.17. The number of rotatable bonds is 6. The molecule has 0 radical (unpaired) electrons. The summed E-state index contributed by atoms with van der Waals surface area (Å²) in [7, 11) is 0. The lowest BCUT2D eigenvalue weighted by atomic mass is 9.92. The number of ether oxygens (including phenoxy) is 1. The van der Waals surface area contributed by atoms with E-state index in [9.17, 15) is 0 Å². The number of nitrogens with zero attached hydrogens (tertiary/aromatic N) is 3. The second-order valence-corrected chi connectivity index (χ2v) is 8.70. The molecule has 0 unspecified atom stereocenters. The lowest BCUT2D eigenvalue weighted by Gasteiger charge is -2.17. The Balaban J connectivity index is 1.51. The van der Waals surface area contributed by atoms with Gasteiger partial charge in [-0.3, -0.25) is 15.0 Å². The van der Waals surface area contributed by atoms with Crippen LogP contribution >= 0.6 is 0 Å². The van der Waals surface area contributed by atoms with Crippen molar-refractivity contribution in [2.75, 3.05) is 26.2 Å². The molecule has 1 saturated carbocycles. The molecule has 5 heteroatoms. The molecule has 1 N–H and O–H groups in total. The first-order valence-corrected chi connectivity index (χ1v) is 9.92. The molecule has 3 heterocycles. The highest BCUT2D eigenvalue weighted by atomic mass is 16.5. The van der Waals surface area contributed by atoms with Crippen LogP contribution in [-0.2, 0) is 5.41 Å². The maximum Gasteiger partial charge on any atom is 0.126 e. The van der Waals surface area contributed by atoms with E-state index in [2.05, 4.69) is 53.0 Å². The van der Waals surface area contributed by atoms with Crippen molar-refractivity contribution in [3.8, 4) is 17.1 Å². The highest BCUT2D eigenvalue weighted by Crippen LogP contribution is 2.44. The molecule has 0 aromatic carbocycles. The topological polar surface area (TPSA) is 54.0 Å². The minimum Gasteiger partial charge on any atom is -0.492 e. The van der Waals surface area contributed by atoms with Crippen LogP contribution in [0.15, 0.2) is 18.3 Å². The van der Waals surface area contributed by atoms with Crippen LogP contribution in [0, 0.1) is 0 Å². The number of aromatic amines is 1. The van der Waals surface area contributed by atoms with E-state index < -0.39 is 0 Å². The first-order chi connectivity index (χ1) is 12.5. The third kappa shape index (κ3) is 3.93. The van der Waals surface area contributed by atoms with E-state index in [1.807, 2.05) is 6.20 Å². The van der Waals surface area contributed by atoms with Crippen molar-refractivity contribution in [1.82, 2.24) is 20.1 Å². The van der Waals surface area contributed by atoms with Crippen LogP contribution < -0.4 is 4.74 Å². The normalized spacial score (nSPS) is 18.4. The summed E-state index contributed by atoms with van der Waals surface area (Å²) in [5, 5.41) is 7.63. The number of hydrogen-bond acceptors (Lipinski definition) is 4. The van der Waals surface area contributed by atoms with Gasteiger partial charge in [-0.2, -0.15) is 5.10 Å². The molecule has 140 valence electrons. The number of hydrogen-bond donors (Lipinski definition) is 1. The smallest absolute Gasteiger partial charge is 0.126 e. The van der Waals surface area contributed by atoms with Crippen molar-refractivity contribution in [1.29, 1.82) is 0 Å². The highest BCUT2D eigenvalue weighted by Gasteiger charge is 2.28. The summed E-state index contributed by atoms with van der Waals surface area (Å²) < 4.78 is 6.22. The molecule has 2 aromatic rings. The Labute approximate surface area is 156 Å². The monoisotopic (exact) mass is 354 g/mol. The van der Waals surface area contributed by atoms with Crippen molar-refractivity contribution < 1.29 is 4.74 Å². The zero-order valence-electron chi connectivity index (χ0n) is 16.2. The third-order valence-corrected chi connectivity index (χ3v) is 5.42. The largest absolute Gasteiger partial charge is 0.492 e. The summed E-state index contributed by atoms with van der Waals surface area (Å²) in [6, 6.07) is 4.19. The molecular weight excluding hydrogens is 324 g/mol. The van der Waals surface area contributed by atoms with Gasteiger partial charge in [-0.15, -0.1) is 0 Å². The lowest BCUT2D eigenvalue weighted by Crippen LogP contribution is -2.25. The van der Waals surface area contributed by atoms with Gasteiger partial charge < -0.3 is 4.74 Å². The van der Waals surface area contributed by atoms with Crippen molar-refractivity contribution in [2.24, 2.45) is 0 Å². The summed E-state index contributed by atoms with van der Waals surface area (Å²) >= 11 is 0. The molecule has 4 rings (SSSR count). The maximum absolute atomic E-state index is 6.22. The Kier molecular flexibility index (Phi) is 4.74. The second kappa shape index (κ2) is 7.03. The van der Waals surface area contributed by atoms with E-state index in [-0.39, 0.29) is 5.41 Å². The summed E-state index contributed by atoms with van der Waals surface area (Å²) in [6.45, 7) is 10.7. The molecule has 5 nitrogen and oxygen atoms in total. The lowest BCUT2D eigenvalue weighted by molar-refractivity contribution is 0.236. The minimum absolute atomic E-state index is 0.0499. The molecule has 2 fully saturated rings. The Morgan fingerprint density at radius 1 is 1.15 bits per heavy atom. The molecule has 0 atom stereocenters. The van der Waals surface area contributed by atoms with Crippen LogP contribution in [0.1, 0.15) is 63.6 Å². The van der Waals surface area contributed by atoms with Crippen LogP contribution in [-0.4, -0.2) is 46.3 Å². The van der Waals surface area contributed by atoms with E-state index in [0.717, 1.165) is 36.0 Å². The molecule has 0 bridgehead atoms. The van der Waals surface area contributed by atoms with Crippen LogP contribution in [0.3, 0.4) is 0 Å². The van der Waals surface area contributed by atoms with Crippen molar-refractivity contribution in [2.45, 2.75) is 57.8 Å². The van der Waals surface area contributed by atoms with E-state index >= 15 is 0 Å². The SMILES string of the molecule is CC(C)(C)c1cc(-c2cc(OCCN3CCCC3)c(C3CC3)cn2)n[nH]1. The molecule has 0 amide bonds. The van der Waals surface area contributed by atoms with Crippen molar-refractivity contribution in [3.63, 3.8) is 0 Å². The molecule has 0 spiro atoms. The molecule has 1 aliphatic carbocycles. The predicted octanol–water partition coefficient (Wildman–Crippen LogP) is 4.12. The number of pyridine rings is 1. The van der Waals surface area contributed by atoms with Crippen LogP contribution in [0.25, 0.3) is 11.4 Å². The van der Waals surface area contributed by atoms with Crippen molar-refractivity contribution >= 4 is 0 Å². The van der Waals surface area contributed by atoms with Crippen molar-refractivity contribution in [3.05, 3.63) is 29.6 Å². The Morgan fingerprint density at radius 3 is 2.58 bits per heavy atom. The van der Waals surface area contributed by atoms with Gasteiger partial charge in [-0.25, -0.2) is 0 Å². The van der Waals surface area contributed by atoms with Crippen LogP contribution in [0.5, 0.6) is 5.75 Å². The van der Waals surface area contributed by atoms with Gasteiger partial charge in [0.05, 0.1) is 5.69 Å². The van der Waals surface area contributed by atoms with E-state index in [0.29, 0.717) is 5.92 Å². The van der Waals surface area contributed by atoms with Gasteiger partial charge in [0, 0.05) is 35.5 Å². The zero-order valence-corrected chi connectivity index (χ0v) is 16.2. The van der Waals surface area contributed by atoms with Gasteiger partial charge in [-0.1, -0.05) is 20.8 Å². The summed E-state index contributed by atoms with van der Waals surface area (Å²) in [6.07, 6.45) is 7.15. The molecule has 1 aliphatic heterocycles. The number of nitrogens with one attached hydrogen (secondary N) is 1. The first kappa shape index (κ1) is 17.5. The van der Waals surface area contributed by atoms with Gasteiger partial charge in [-0.05, 0) is 50.8 Å². The second-order valence-electron chi connectivity index (χ2n) is 8.70. The predicted molar refractivity (Wildman–Crippen MR) is 104 cm³/mol. The molecule has 1 saturated heterocycles. The highest BCUT2D eigenvalue weighted by molar-refractivity contribution is 5.58. The van der Waals surface area contributed by atoms with Gasteiger partial charge in [0.2, 0.25) is 0 Å². The fourth-order valence-corrected chi connectivity index (χ4v) is 3.54. The van der Waals surface area contributed by atoms with Gasteiger partial charge >= 0.3 is 0 Å². The first-order valence-electron chi connectivity index (χ1n) is 9.92. The quantitative estimate of drug-likeness (QED) is 0.848. The third-order valence-electron chi connectivity index (χ3n) is 5.42. The number of aromatic nitrogens is 3. The van der Waals surface area contributed by atoms with Gasteiger partial charge in [0.15, 0.2) is 0 Å².